The lowest BCUT2D eigenvalue weighted by Gasteiger charge is -2.28. The summed E-state index contributed by atoms with van der Waals surface area (Å²) >= 11 is 0. The summed E-state index contributed by atoms with van der Waals surface area (Å²) < 4.78 is 0. The molecule has 37 heavy (non-hydrogen) atoms. The molecule has 0 saturated carbocycles. The molecule has 1 heterocycles. The van der Waals surface area contributed by atoms with E-state index in [2.05, 4.69) is 21.3 Å². The summed E-state index contributed by atoms with van der Waals surface area (Å²) in [5.41, 5.74) is 10.9. The Hall–Kier alpha value is -3.99. The maximum absolute atomic E-state index is 13.0. The van der Waals surface area contributed by atoms with Crippen LogP contribution < -0.4 is 32.7 Å². The molecule has 0 bridgehead atoms. The molecule has 0 spiro atoms. The number of hydrogen-bond acceptors (Lipinski definition) is 9. The number of nitrogens with two attached hydrogens (primary N) is 2. The van der Waals surface area contributed by atoms with Crippen molar-refractivity contribution in [2.75, 3.05) is 26.2 Å². The highest BCUT2D eigenvalue weighted by molar-refractivity contribution is 5.96. The number of carboxylic acid groups (broad SMARTS) is 2. The molecule has 1 rings (SSSR count). The summed E-state index contributed by atoms with van der Waals surface area (Å²) in [7, 11) is 0. The van der Waals surface area contributed by atoms with Crippen LogP contribution in [0, 0.1) is 5.41 Å². The lowest BCUT2D eigenvalue weighted by atomic mass is 10.1. The number of aliphatic hydroxyl groups is 1. The first-order valence-electron chi connectivity index (χ1n) is 11.4. The largest absolute Gasteiger partial charge is 0.481 e. The lowest BCUT2D eigenvalue weighted by molar-refractivity contribution is -0.147. The minimum atomic E-state index is -1.58. The smallest absolute Gasteiger partial charge is 0.328 e. The van der Waals surface area contributed by atoms with Crippen LogP contribution in [0.4, 0.5) is 0 Å². The lowest BCUT2D eigenvalue weighted by Crippen LogP contribution is -2.57. The molecular formula is C20H34N8O9. The zero-order valence-electron chi connectivity index (χ0n) is 20.1. The van der Waals surface area contributed by atoms with Crippen molar-refractivity contribution >= 4 is 41.5 Å². The van der Waals surface area contributed by atoms with E-state index in [1.807, 2.05) is 0 Å². The van der Waals surface area contributed by atoms with Gasteiger partial charge in [0.05, 0.1) is 25.6 Å². The third-order valence-electron chi connectivity index (χ3n) is 5.42. The van der Waals surface area contributed by atoms with Crippen LogP contribution in [0.3, 0.4) is 0 Å². The average molecular weight is 531 g/mol. The highest BCUT2D eigenvalue weighted by atomic mass is 16.4. The van der Waals surface area contributed by atoms with Crippen LogP contribution in [0.2, 0.25) is 0 Å². The highest BCUT2D eigenvalue weighted by Crippen LogP contribution is 2.19. The fourth-order valence-electron chi connectivity index (χ4n) is 3.55. The number of aliphatic hydroxyl groups excluding tert-OH is 1. The second-order valence-electron chi connectivity index (χ2n) is 8.30. The van der Waals surface area contributed by atoms with E-state index in [1.165, 1.54) is 0 Å². The number of likely N-dealkylation sites (tertiary alicyclic amines) is 1. The Kier molecular flexibility index (Phi) is 12.7. The zero-order valence-corrected chi connectivity index (χ0v) is 20.1. The van der Waals surface area contributed by atoms with Crippen molar-refractivity contribution in [2.45, 2.75) is 56.3 Å². The second kappa shape index (κ2) is 15.2. The van der Waals surface area contributed by atoms with Crippen molar-refractivity contribution < 1.29 is 44.1 Å². The molecule has 208 valence electrons. The number of aliphatic carboxylic acids is 2. The van der Waals surface area contributed by atoms with Crippen molar-refractivity contribution in [1.82, 2.24) is 26.2 Å². The summed E-state index contributed by atoms with van der Waals surface area (Å²) in [4.78, 5) is 73.4. The van der Waals surface area contributed by atoms with Crippen molar-refractivity contribution in [1.29, 1.82) is 5.41 Å². The number of carbonyl (C=O) groups is 6. The first-order valence-corrected chi connectivity index (χ1v) is 11.4. The van der Waals surface area contributed by atoms with Crippen LogP contribution in [-0.4, -0.2) is 112 Å². The third kappa shape index (κ3) is 10.7. The minimum absolute atomic E-state index is 0.0594. The van der Waals surface area contributed by atoms with E-state index in [9.17, 15) is 33.9 Å². The normalized spacial score (nSPS) is 17.1. The molecule has 1 saturated heterocycles. The van der Waals surface area contributed by atoms with E-state index in [0.717, 1.165) is 4.90 Å². The maximum Gasteiger partial charge on any atom is 0.328 e. The molecular weight excluding hydrogens is 496 g/mol. The molecule has 0 aromatic carbocycles. The van der Waals surface area contributed by atoms with Crippen LogP contribution in [0.25, 0.3) is 0 Å². The maximum atomic E-state index is 13.0. The molecule has 0 radical (unpaired) electrons. The fourth-order valence-corrected chi connectivity index (χ4v) is 3.55. The minimum Gasteiger partial charge on any atom is -0.481 e. The zero-order chi connectivity index (χ0) is 28.1. The summed E-state index contributed by atoms with van der Waals surface area (Å²) in [6.07, 6.45) is 0.376. The Balaban J connectivity index is 2.72. The van der Waals surface area contributed by atoms with Crippen LogP contribution in [0.5, 0.6) is 0 Å². The Labute approximate surface area is 211 Å². The molecule has 4 amide bonds. The van der Waals surface area contributed by atoms with Gasteiger partial charge < -0.3 is 53.0 Å². The summed E-state index contributed by atoms with van der Waals surface area (Å²) in [5, 5.41) is 43.5. The number of hydrogen-bond donors (Lipinski definition) is 10. The van der Waals surface area contributed by atoms with Gasteiger partial charge in [0, 0.05) is 13.1 Å². The number of nitrogens with zero attached hydrogens (tertiary/aromatic N) is 1. The number of nitrogens with one attached hydrogen (secondary N) is 5. The highest BCUT2D eigenvalue weighted by Gasteiger charge is 2.39. The Bertz CT molecular complexity index is 884. The Morgan fingerprint density at radius 3 is 2.30 bits per heavy atom. The van der Waals surface area contributed by atoms with Gasteiger partial charge in [-0.05, 0) is 25.7 Å². The molecule has 17 heteroatoms. The number of amides is 4. The Morgan fingerprint density at radius 1 is 1.05 bits per heavy atom. The topological polar surface area (TPSA) is 290 Å². The van der Waals surface area contributed by atoms with Crippen LogP contribution in [0.15, 0.2) is 0 Å². The number of carboxylic acids is 2. The van der Waals surface area contributed by atoms with E-state index in [0.29, 0.717) is 19.4 Å². The van der Waals surface area contributed by atoms with Gasteiger partial charge in [0.15, 0.2) is 5.96 Å². The molecule has 12 N–H and O–H groups in total. The quantitative estimate of drug-likeness (QED) is 0.0542. The molecule has 0 unspecified atom stereocenters. The molecule has 0 aromatic rings. The van der Waals surface area contributed by atoms with Gasteiger partial charge in [-0.1, -0.05) is 0 Å². The standard InChI is InChI=1S/C20H34N8O9/c21-10(3-1-5-24-20(22)23)16(33)25-8-14(30)26-11(7-15(31)32)18(35)28-6-2-4-13(28)17(34)27-12(9-29)19(36)37/h10-13,29H,1-9,21H2,(H,25,33)(H,26,30)(H,27,34)(H,31,32)(H,36,37)(H4,22,23,24)/t10-,11-,12-,13-/m0/s1. The van der Waals surface area contributed by atoms with Gasteiger partial charge in [0.2, 0.25) is 23.6 Å². The number of guanidine groups is 1. The molecule has 1 fully saturated rings. The molecule has 0 aliphatic carbocycles. The van der Waals surface area contributed by atoms with Crippen molar-refractivity contribution in [3.8, 4) is 0 Å². The number of carbonyl (C=O) groups excluding carboxylic acids is 4. The molecule has 17 nitrogen and oxygen atoms in total. The van der Waals surface area contributed by atoms with Gasteiger partial charge in [0.1, 0.15) is 18.1 Å². The fraction of sp³-hybridized carbons (Fsp3) is 0.650. The van der Waals surface area contributed by atoms with Gasteiger partial charge in [-0.2, -0.15) is 0 Å². The van der Waals surface area contributed by atoms with Gasteiger partial charge in [-0.15, -0.1) is 0 Å². The van der Waals surface area contributed by atoms with E-state index in [1.54, 1.807) is 0 Å². The van der Waals surface area contributed by atoms with Gasteiger partial charge in [0.25, 0.3) is 0 Å². The van der Waals surface area contributed by atoms with E-state index in [-0.39, 0.29) is 25.3 Å². The van der Waals surface area contributed by atoms with Crippen molar-refractivity contribution in [2.24, 2.45) is 11.5 Å². The Morgan fingerprint density at radius 2 is 1.73 bits per heavy atom. The molecule has 1 aliphatic rings. The molecule has 0 aromatic heterocycles. The summed E-state index contributed by atoms with van der Waals surface area (Å²) in [5.74, 6) is -6.35. The first kappa shape index (κ1) is 31.0. The van der Waals surface area contributed by atoms with Crippen molar-refractivity contribution in [3.63, 3.8) is 0 Å². The first-order chi connectivity index (χ1) is 17.4. The average Bonchev–Trinajstić information content (AvgIpc) is 3.32. The summed E-state index contributed by atoms with van der Waals surface area (Å²) in [6, 6.07) is -5.23. The van der Waals surface area contributed by atoms with Crippen LogP contribution >= 0.6 is 0 Å². The van der Waals surface area contributed by atoms with Gasteiger partial charge >= 0.3 is 11.9 Å². The molecule has 1 aliphatic heterocycles. The third-order valence-corrected chi connectivity index (χ3v) is 5.42. The predicted octanol–water partition coefficient (Wildman–Crippen LogP) is -4.79. The van der Waals surface area contributed by atoms with Gasteiger partial charge in [-0.3, -0.25) is 29.4 Å². The number of rotatable bonds is 15. The predicted molar refractivity (Wildman–Crippen MR) is 126 cm³/mol. The second-order valence-corrected chi connectivity index (χ2v) is 8.30. The SMILES string of the molecule is N=C(N)NCCC[C@H](N)C(=O)NCC(=O)N[C@@H](CC(=O)O)C(=O)N1CCC[C@H]1C(=O)N[C@@H](CO)C(=O)O. The summed E-state index contributed by atoms with van der Waals surface area (Å²) in [6.45, 7) is -1.08. The monoisotopic (exact) mass is 530 g/mol. The van der Waals surface area contributed by atoms with Crippen molar-refractivity contribution in [3.05, 3.63) is 0 Å². The van der Waals surface area contributed by atoms with Gasteiger partial charge in [-0.25, -0.2) is 4.79 Å². The van der Waals surface area contributed by atoms with Crippen LogP contribution in [-0.2, 0) is 28.8 Å². The van der Waals surface area contributed by atoms with E-state index >= 15 is 0 Å². The molecule has 4 atom stereocenters. The van der Waals surface area contributed by atoms with E-state index in [4.69, 9.17) is 27.1 Å². The van der Waals surface area contributed by atoms with Crippen LogP contribution in [0.1, 0.15) is 32.1 Å². The van der Waals surface area contributed by atoms with E-state index < -0.39 is 79.3 Å².